The standard InChI is InChI=1S/C14H27NO2S/c1-6-17-13(16)14(15-5)8-7-12(9-14)18-11(4)10(2)3/h10-12,15H,6-9H2,1-5H3. The van der Waals surface area contributed by atoms with Crippen LogP contribution in [0.1, 0.15) is 47.0 Å². The molecule has 0 aromatic rings. The molecule has 1 saturated carbocycles. The van der Waals surface area contributed by atoms with E-state index in [9.17, 15) is 4.79 Å². The average molecular weight is 273 g/mol. The number of carbonyl (C=O) groups is 1. The smallest absolute Gasteiger partial charge is 0.326 e. The third-order valence-electron chi connectivity index (χ3n) is 3.96. The Morgan fingerprint density at radius 1 is 1.50 bits per heavy atom. The summed E-state index contributed by atoms with van der Waals surface area (Å²) in [5, 5.41) is 4.42. The largest absolute Gasteiger partial charge is 0.465 e. The fraction of sp³-hybridized carbons (Fsp3) is 0.929. The van der Waals surface area contributed by atoms with Gasteiger partial charge in [0, 0.05) is 10.5 Å². The van der Waals surface area contributed by atoms with Crippen LogP contribution >= 0.6 is 11.8 Å². The van der Waals surface area contributed by atoms with Crippen LogP contribution in [-0.2, 0) is 9.53 Å². The highest BCUT2D eigenvalue weighted by atomic mass is 32.2. The van der Waals surface area contributed by atoms with Crippen LogP contribution in [0.25, 0.3) is 0 Å². The summed E-state index contributed by atoms with van der Waals surface area (Å²) in [5.74, 6) is 0.606. The normalized spacial score (nSPS) is 29.6. The third kappa shape index (κ3) is 3.64. The first-order valence-corrected chi connectivity index (χ1v) is 7.91. The highest BCUT2D eigenvalue weighted by molar-refractivity contribution is 8.00. The van der Waals surface area contributed by atoms with Gasteiger partial charge in [-0.05, 0) is 39.2 Å². The number of thioether (sulfide) groups is 1. The molecule has 1 N–H and O–H groups in total. The Balaban J connectivity index is 2.58. The molecular formula is C14H27NO2S. The van der Waals surface area contributed by atoms with Crippen LogP contribution in [0.2, 0.25) is 0 Å². The maximum atomic E-state index is 12.1. The molecule has 0 spiro atoms. The first-order valence-electron chi connectivity index (χ1n) is 6.96. The molecule has 3 nitrogen and oxygen atoms in total. The molecule has 0 aromatic carbocycles. The molecule has 0 bridgehead atoms. The number of rotatable bonds is 6. The number of ether oxygens (including phenoxy) is 1. The van der Waals surface area contributed by atoms with Gasteiger partial charge in [0.15, 0.2) is 0 Å². The van der Waals surface area contributed by atoms with E-state index in [0.717, 1.165) is 19.3 Å². The second-order valence-corrected chi connectivity index (χ2v) is 7.19. The SMILES string of the molecule is CCOC(=O)C1(NC)CCC(SC(C)C(C)C)C1. The second-order valence-electron chi connectivity index (χ2n) is 5.50. The van der Waals surface area contributed by atoms with Crippen LogP contribution in [-0.4, -0.2) is 35.7 Å². The summed E-state index contributed by atoms with van der Waals surface area (Å²) >= 11 is 2.02. The van der Waals surface area contributed by atoms with Crippen molar-refractivity contribution in [3.05, 3.63) is 0 Å². The molecule has 1 rings (SSSR count). The topological polar surface area (TPSA) is 38.3 Å². The molecule has 0 saturated heterocycles. The molecule has 3 atom stereocenters. The van der Waals surface area contributed by atoms with Gasteiger partial charge < -0.3 is 10.1 Å². The number of nitrogens with one attached hydrogen (secondary N) is 1. The molecule has 0 heterocycles. The Labute approximate surface area is 115 Å². The average Bonchev–Trinajstić information content (AvgIpc) is 2.74. The quantitative estimate of drug-likeness (QED) is 0.755. The van der Waals surface area contributed by atoms with E-state index in [1.165, 1.54) is 0 Å². The fourth-order valence-corrected chi connectivity index (χ4v) is 3.92. The van der Waals surface area contributed by atoms with Crippen LogP contribution in [0.4, 0.5) is 0 Å². The minimum absolute atomic E-state index is 0.0761. The van der Waals surface area contributed by atoms with Crippen molar-refractivity contribution >= 4 is 17.7 Å². The Kier molecular flexibility index (Phi) is 5.99. The van der Waals surface area contributed by atoms with Crippen LogP contribution < -0.4 is 5.32 Å². The Hall–Kier alpha value is -0.220. The van der Waals surface area contributed by atoms with Crippen LogP contribution in [0.5, 0.6) is 0 Å². The van der Waals surface area contributed by atoms with Crippen molar-refractivity contribution in [3.63, 3.8) is 0 Å². The summed E-state index contributed by atoms with van der Waals surface area (Å²) in [6.07, 6.45) is 2.89. The molecule has 18 heavy (non-hydrogen) atoms. The van der Waals surface area contributed by atoms with Gasteiger partial charge in [-0.1, -0.05) is 20.8 Å². The summed E-state index contributed by atoms with van der Waals surface area (Å²) in [7, 11) is 1.87. The van der Waals surface area contributed by atoms with Gasteiger partial charge in [0.2, 0.25) is 0 Å². The van der Waals surface area contributed by atoms with Gasteiger partial charge >= 0.3 is 5.97 Å². The minimum atomic E-state index is -0.440. The van der Waals surface area contributed by atoms with Crippen LogP contribution in [0.15, 0.2) is 0 Å². The van der Waals surface area contributed by atoms with E-state index in [-0.39, 0.29) is 5.97 Å². The zero-order valence-corrected chi connectivity index (χ0v) is 13.1. The van der Waals surface area contributed by atoms with Crippen LogP contribution in [0, 0.1) is 5.92 Å². The molecule has 0 radical (unpaired) electrons. The lowest BCUT2D eigenvalue weighted by molar-refractivity contribution is -0.150. The number of hydrogen-bond acceptors (Lipinski definition) is 4. The highest BCUT2D eigenvalue weighted by Gasteiger charge is 2.45. The third-order valence-corrected chi connectivity index (χ3v) is 5.72. The Bertz CT molecular complexity index is 283. The lowest BCUT2D eigenvalue weighted by atomic mass is 9.98. The van der Waals surface area contributed by atoms with Gasteiger partial charge in [-0.15, -0.1) is 0 Å². The Morgan fingerprint density at radius 3 is 2.67 bits per heavy atom. The van der Waals surface area contributed by atoms with Crippen molar-refractivity contribution in [2.24, 2.45) is 5.92 Å². The molecule has 3 unspecified atom stereocenters. The van der Waals surface area contributed by atoms with Gasteiger partial charge in [-0.3, -0.25) is 4.79 Å². The lowest BCUT2D eigenvalue weighted by Crippen LogP contribution is -2.49. The fourth-order valence-electron chi connectivity index (χ4n) is 2.36. The van der Waals surface area contributed by atoms with E-state index in [2.05, 4.69) is 26.1 Å². The number of esters is 1. The molecular weight excluding hydrogens is 246 g/mol. The molecule has 1 aliphatic carbocycles. The zero-order chi connectivity index (χ0) is 13.8. The van der Waals surface area contributed by atoms with Gasteiger partial charge in [0.05, 0.1) is 6.61 Å². The van der Waals surface area contributed by atoms with Crippen molar-refractivity contribution in [2.75, 3.05) is 13.7 Å². The summed E-state index contributed by atoms with van der Waals surface area (Å²) in [5.41, 5.74) is -0.440. The number of likely N-dealkylation sites (N-methyl/N-ethyl adjacent to an activating group) is 1. The molecule has 1 fully saturated rings. The van der Waals surface area contributed by atoms with Crippen LogP contribution in [0.3, 0.4) is 0 Å². The van der Waals surface area contributed by atoms with Gasteiger partial charge in [0.25, 0.3) is 0 Å². The van der Waals surface area contributed by atoms with E-state index >= 15 is 0 Å². The van der Waals surface area contributed by atoms with Gasteiger partial charge in [-0.2, -0.15) is 11.8 Å². The highest BCUT2D eigenvalue weighted by Crippen LogP contribution is 2.40. The first kappa shape index (κ1) is 15.8. The lowest BCUT2D eigenvalue weighted by Gasteiger charge is -2.27. The zero-order valence-electron chi connectivity index (χ0n) is 12.3. The molecule has 0 aromatic heterocycles. The molecule has 0 amide bonds. The molecule has 106 valence electrons. The summed E-state index contributed by atoms with van der Waals surface area (Å²) in [6, 6.07) is 0. The van der Waals surface area contributed by atoms with E-state index in [1.54, 1.807) is 0 Å². The summed E-state index contributed by atoms with van der Waals surface area (Å²) < 4.78 is 5.21. The van der Waals surface area contributed by atoms with Crippen molar-refractivity contribution in [2.45, 2.75) is 63.0 Å². The van der Waals surface area contributed by atoms with Gasteiger partial charge in [0.1, 0.15) is 5.54 Å². The first-order chi connectivity index (χ1) is 8.45. The number of carbonyl (C=O) groups excluding carboxylic acids is 1. The van der Waals surface area contributed by atoms with E-state index in [4.69, 9.17) is 4.74 Å². The monoisotopic (exact) mass is 273 g/mol. The van der Waals surface area contributed by atoms with E-state index in [0.29, 0.717) is 23.0 Å². The predicted octanol–water partition coefficient (Wildman–Crippen LogP) is 2.84. The van der Waals surface area contributed by atoms with Gasteiger partial charge in [-0.25, -0.2) is 0 Å². The summed E-state index contributed by atoms with van der Waals surface area (Å²) in [6.45, 7) is 9.11. The molecule has 0 aliphatic heterocycles. The molecule has 4 heteroatoms. The molecule has 1 aliphatic rings. The maximum Gasteiger partial charge on any atom is 0.326 e. The van der Waals surface area contributed by atoms with Crippen molar-refractivity contribution in [1.29, 1.82) is 0 Å². The number of hydrogen-bond donors (Lipinski definition) is 1. The Morgan fingerprint density at radius 2 is 2.17 bits per heavy atom. The minimum Gasteiger partial charge on any atom is -0.465 e. The van der Waals surface area contributed by atoms with Crippen molar-refractivity contribution in [3.8, 4) is 0 Å². The summed E-state index contributed by atoms with van der Waals surface area (Å²) in [4.78, 5) is 12.1. The van der Waals surface area contributed by atoms with Crippen molar-refractivity contribution < 1.29 is 9.53 Å². The van der Waals surface area contributed by atoms with E-state index < -0.39 is 5.54 Å². The van der Waals surface area contributed by atoms with E-state index in [1.807, 2.05) is 25.7 Å². The maximum absolute atomic E-state index is 12.1. The predicted molar refractivity (Wildman–Crippen MR) is 78.0 cm³/mol. The second kappa shape index (κ2) is 6.80. The van der Waals surface area contributed by atoms with Crippen molar-refractivity contribution in [1.82, 2.24) is 5.32 Å².